The summed E-state index contributed by atoms with van der Waals surface area (Å²) in [7, 11) is 0. The number of anilines is 1. The molecule has 0 saturated carbocycles. The van der Waals surface area contributed by atoms with Crippen LogP contribution in [0.15, 0.2) is 42.5 Å². The Bertz CT molecular complexity index is 1210. The van der Waals surface area contributed by atoms with E-state index in [2.05, 4.69) is 15.5 Å². The molecule has 0 atom stereocenters. The van der Waals surface area contributed by atoms with Crippen LogP contribution >= 0.6 is 22.9 Å². The van der Waals surface area contributed by atoms with Gasteiger partial charge in [-0.1, -0.05) is 41.1 Å². The summed E-state index contributed by atoms with van der Waals surface area (Å²) < 4.78 is 11.1. The van der Waals surface area contributed by atoms with Crippen molar-refractivity contribution in [2.75, 3.05) is 11.9 Å². The van der Waals surface area contributed by atoms with Gasteiger partial charge in [-0.05, 0) is 62.6 Å². The minimum absolute atomic E-state index is 0.168. The van der Waals surface area contributed by atoms with Crippen LogP contribution in [-0.4, -0.2) is 39.2 Å². The molecule has 2 amide bonds. The van der Waals surface area contributed by atoms with Crippen molar-refractivity contribution in [2.24, 2.45) is 0 Å². The van der Waals surface area contributed by atoms with Gasteiger partial charge in [-0.15, -0.1) is 10.2 Å². The van der Waals surface area contributed by atoms with Gasteiger partial charge in [-0.25, -0.2) is 4.79 Å². The molecule has 10 heteroatoms. The normalized spacial score (nSPS) is 13.2. The van der Waals surface area contributed by atoms with Crippen molar-refractivity contribution in [2.45, 2.75) is 45.9 Å². The average Bonchev–Trinajstić information content (AvgIpc) is 3.26. The van der Waals surface area contributed by atoms with Crippen molar-refractivity contribution in [3.05, 3.63) is 68.6 Å². The molecule has 2 aromatic carbocycles. The number of para-hydroxylation sites is 1. The highest BCUT2D eigenvalue weighted by Crippen LogP contribution is 2.26. The minimum Gasteiger partial charge on any atom is -0.485 e. The van der Waals surface area contributed by atoms with Crippen LogP contribution in [0.25, 0.3) is 0 Å². The van der Waals surface area contributed by atoms with Crippen molar-refractivity contribution in [1.29, 1.82) is 0 Å². The van der Waals surface area contributed by atoms with E-state index in [1.165, 1.54) is 0 Å². The maximum Gasteiger partial charge on any atom is 0.410 e. The van der Waals surface area contributed by atoms with Crippen LogP contribution in [0.5, 0.6) is 5.75 Å². The summed E-state index contributed by atoms with van der Waals surface area (Å²) in [4.78, 5) is 26.7. The second-order valence-corrected chi connectivity index (χ2v) is 10.3. The number of ether oxygens (including phenoxy) is 2. The number of aromatic nitrogens is 2. The van der Waals surface area contributed by atoms with E-state index in [4.69, 9.17) is 21.1 Å². The fraction of sp³-hybridized carbons (Fsp3) is 0.333. The van der Waals surface area contributed by atoms with Crippen molar-refractivity contribution >= 4 is 40.6 Å². The van der Waals surface area contributed by atoms with Crippen molar-refractivity contribution in [3.63, 3.8) is 0 Å². The predicted octanol–water partition coefficient (Wildman–Crippen LogP) is 5.32. The highest BCUT2D eigenvalue weighted by Gasteiger charge is 2.26. The molecule has 0 fully saturated rings. The molecule has 1 aromatic heterocycles. The molecule has 0 saturated heterocycles. The lowest BCUT2D eigenvalue weighted by Gasteiger charge is -2.31. The van der Waals surface area contributed by atoms with Crippen LogP contribution in [0.2, 0.25) is 5.02 Å². The molecule has 2 heterocycles. The van der Waals surface area contributed by atoms with E-state index in [-0.39, 0.29) is 23.6 Å². The number of nitrogens with one attached hydrogen (secondary N) is 1. The Labute approximate surface area is 206 Å². The number of hydrogen-bond acceptors (Lipinski definition) is 7. The number of carbonyl (C=O) groups excluding carboxylic acids is 2. The Morgan fingerprint density at radius 3 is 2.71 bits per heavy atom. The van der Waals surface area contributed by atoms with Gasteiger partial charge < -0.3 is 19.7 Å². The Kier molecular flexibility index (Phi) is 7.04. The lowest BCUT2D eigenvalue weighted by Crippen LogP contribution is -2.39. The van der Waals surface area contributed by atoms with Gasteiger partial charge in [0, 0.05) is 18.8 Å². The number of hydrogen-bond donors (Lipinski definition) is 1. The number of amides is 2. The standard InChI is InChI=1S/C24H25ClN4O4S/c1-24(2,3)33-23(31)29-11-10-15-12-17(9-8-16(15)13-29)26-21(30)22-28-27-20(34-22)14-32-19-7-5-4-6-18(19)25/h4-9,12H,10-11,13-14H2,1-3H3,(H,26,30). The molecule has 0 bridgehead atoms. The SMILES string of the molecule is CC(C)(C)OC(=O)N1CCc2cc(NC(=O)c3nnc(COc4ccccc4Cl)s3)ccc2C1. The maximum absolute atomic E-state index is 12.7. The van der Waals surface area contributed by atoms with E-state index in [9.17, 15) is 9.59 Å². The molecule has 3 aromatic rings. The number of carbonyl (C=O) groups is 2. The van der Waals surface area contributed by atoms with E-state index in [0.29, 0.717) is 41.0 Å². The van der Waals surface area contributed by atoms with Gasteiger partial charge in [0.25, 0.3) is 5.91 Å². The van der Waals surface area contributed by atoms with Crippen LogP contribution in [0.4, 0.5) is 10.5 Å². The van der Waals surface area contributed by atoms with Crippen molar-refractivity contribution < 1.29 is 19.1 Å². The molecule has 1 aliphatic heterocycles. The zero-order valence-corrected chi connectivity index (χ0v) is 20.7. The van der Waals surface area contributed by atoms with Gasteiger partial charge in [0.05, 0.1) is 5.02 Å². The predicted molar refractivity (Wildman–Crippen MR) is 130 cm³/mol. The summed E-state index contributed by atoms with van der Waals surface area (Å²) in [5, 5.41) is 12.2. The van der Waals surface area contributed by atoms with Gasteiger partial charge in [0.1, 0.15) is 18.0 Å². The first-order valence-electron chi connectivity index (χ1n) is 10.8. The molecule has 178 valence electrons. The van der Waals surface area contributed by atoms with E-state index >= 15 is 0 Å². The molecular formula is C24H25ClN4O4S. The fourth-order valence-corrected chi connectivity index (χ4v) is 4.24. The lowest BCUT2D eigenvalue weighted by atomic mass is 9.99. The highest BCUT2D eigenvalue weighted by atomic mass is 35.5. The van der Waals surface area contributed by atoms with Gasteiger partial charge in [0.2, 0.25) is 5.01 Å². The number of fused-ring (bicyclic) bond motifs is 1. The summed E-state index contributed by atoms with van der Waals surface area (Å²) in [5.74, 6) is 0.206. The Hall–Kier alpha value is -3.17. The molecule has 0 unspecified atom stereocenters. The molecule has 1 N–H and O–H groups in total. The minimum atomic E-state index is -0.531. The topological polar surface area (TPSA) is 93.7 Å². The fourth-order valence-electron chi connectivity index (χ4n) is 3.40. The van der Waals surface area contributed by atoms with E-state index in [1.54, 1.807) is 17.0 Å². The van der Waals surface area contributed by atoms with Crippen LogP contribution in [0.1, 0.15) is 46.7 Å². The first kappa shape index (κ1) is 24.0. The van der Waals surface area contributed by atoms with Crippen LogP contribution in [0.3, 0.4) is 0 Å². The lowest BCUT2D eigenvalue weighted by molar-refractivity contribution is 0.0224. The largest absolute Gasteiger partial charge is 0.485 e. The van der Waals surface area contributed by atoms with Gasteiger partial charge in [-0.2, -0.15) is 0 Å². The number of benzene rings is 2. The first-order valence-corrected chi connectivity index (χ1v) is 12.0. The molecule has 0 spiro atoms. The Morgan fingerprint density at radius 1 is 1.15 bits per heavy atom. The Balaban J connectivity index is 1.35. The summed E-state index contributed by atoms with van der Waals surface area (Å²) in [6.45, 7) is 6.76. The zero-order valence-electron chi connectivity index (χ0n) is 19.1. The summed E-state index contributed by atoms with van der Waals surface area (Å²) >= 11 is 7.25. The third-order valence-corrected chi connectivity index (χ3v) is 6.18. The summed E-state index contributed by atoms with van der Waals surface area (Å²) in [6.07, 6.45) is 0.363. The first-order chi connectivity index (χ1) is 16.2. The number of nitrogens with zero attached hydrogens (tertiary/aromatic N) is 3. The second-order valence-electron chi connectivity index (χ2n) is 8.81. The van der Waals surface area contributed by atoms with Gasteiger partial charge in [0.15, 0.2) is 5.01 Å². The van der Waals surface area contributed by atoms with E-state index < -0.39 is 5.60 Å². The van der Waals surface area contributed by atoms with Crippen molar-refractivity contribution in [3.8, 4) is 5.75 Å². The molecule has 34 heavy (non-hydrogen) atoms. The quantitative estimate of drug-likeness (QED) is 0.510. The van der Waals surface area contributed by atoms with E-state index in [1.807, 2.05) is 51.1 Å². The molecule has 0 radical (unpaired) electrons. The molecule has 0 aliphatic carbocycles. The van der Waals surface area contributed by atoms with Gasteiger partial charge in [-0.3, -0.25) is 4.79 Å². The Morgan fingerprint density at radius 2 is 1.94 bits per heavy atom. The molecule has 1 aliphatic rings. The monoisotopic (exact) mass is 500 g/mol. The van der Waals surface area contributed by atoms with Crippen LogP contribution < -0.4 is 10.1 Å². The van der Waals surface area contributed by atoms with Crippen LogP contribution in [-0.2, 0) is 24.3 Å². The summed E-state index contributed by atoms with van der Waals surface area (Å²) in [6, 6.07) is 12.8. The van der Waals surface area contributed by atoms with Crippen LogP contribution in [0, 0.1) is 0 Å². The molecule has 8 nitrogen and oxygen atoms in total. The highest BCUT2D eigenvalue weighted by molar-refractivity contribution is 7.13. The molecule has 4 rings (SSSR count). The van der Waals surface area contributed by atoms with E-state index in [0.717, 1.165) is 22.5 Å². The second kappa shape index (κ2) is 9.99. The smallest absolute Gasteiger partial charge is 0.410 e. The zero-order chi connectivity index (χ0) is 24.3. The third kappa shape index (κ3) is 6.03. The number of halogens is 1. The van der Waals surface area contributed by atoms with Gasteiger partial charge >= 0.3 is 6.09 Å². The van der Waals surface area contributed by atoms with Crippen molar-refractivity contribution in [1.82, 2.24) is 15.1 Å². The average molecular weight is 501 g/mol. The summed E-state index contributed by atoms with van der Waals surface area (Å²) in [5.41, 5.74) is 2.25. The molecular weight excluding hydrogens is 476 g/mol. The third-order valence-electron chi connectivity index (χ3n) is 4.98. The maximum atomic E-state index is 12.7. The number of rotatable bonds is 5.